The second kappa shape index (κ2) is 10.6. The Morgan fingerprint density at radius 1 is 1.23 bits per heavy atom. The average Bonchev–Trinajstić information content (AvgIpc) is 3.22. The van der Waals surface area contributed by atoms with Crippen molar-refractivity contribution in [3.8, 4) is 23.1 Å². The smallest absolute Gasteiger partial charge is 0.268 e. The first-order valence-corrected chi connectivity index (χ1v) is 10.7. The number of amides is 1. The summed E-state index contributed by atoms with van der Waals surface area (Å²) in [4.78, 5) is 16.9. The summed E-state index contributed by atoms with van der Waals surface area (Å²) >= 11 is 7.20. The number of ether oxygens (including phenoxy) is 1. The molecule has 0 spiro atoms. The third-order valence-corrected chi connectivity index (χ3v) is 5.20. The zero-order chi connectivity index (χ0) is 21.3. The fraction of sp³-hybridized carbons (Fsp3) is 0.174. The second-order valence-electron chi connectivity index (χ2n) is 6.44. The molecule has 1 heterocycles. The van der Waals surface area contributed by atoms with Gasteiger partial charge >= 0.3 is 0 Å². The minimum Gasteiger partial charge on any atom is -0.494 e. The molecule has 0 saturated heterocycles. The number of nitrogens with zero attached hydrogens (tertiary/aromatic N) is 2. The van der Waals surface area contributed by atoms with Crippen LogP contribution in [0.2, 0.25) is 5.02 Å². The van der Waals surface area contributed by atoms with Crippen molar-refractivity contribution in [1.29, 1.82) is 5.26 Å². The van der Waals surface area contributed by atoms with Crippen molar-refractivity contribution in [3.63, 3.8) is 0 Å². The van der Waals surface area contributed by atoms with Crippen molar-refractivity contribution in [2.24, 2.45) is 0 Å². The molecule has 0 aliphatic heterocycles. The summed E-state index contributed by atoms with van der Waals surface area (Å²) in [6.45, 7) is 2.78. The summed E-state index contributed by atoms with van der Waals surface area (Å²) in [6, 6.07) is 16.5. The molecule has 0 radical (unpaired) electrons. The molecule has 1 N–H and O–H groups in total. The number of hydrogen-bond acceptors (Lipinski definition) is 5. The van der Waals surface area contributed by atoms with Gasteiger partial charge in [0, 0.05) is 16.0 Å². The number of carbonyl (C=O) groups excluding carboxylic acids is 1. The summed E-state index contributed by atoms with van der Waals surface area (Å²) in [5, 5.41) is 15.0. The molecule has 1 amide bonds. The maximum Gasteiger partial charge on any atom is 0.268 e. The van der Waals surface area contributed by atoms with E-state index in [1.807, 2.05) is 47.8 Å². The average molecular weight is 438 g/mol. The molecule has 0 unspecified atom stereocenters. The van der Waals surface area contributed by atoms with E-state index < -0.39 is 5.91 Å². The van der Waals surface area contributed by atoms with Gasteiger partial charge in [0.1, 0.15) is 17.4 Å². The summed E-state index contributed by atoms with van der Waals surface area (Å²) in [7, 11) is 0. The number of thiazole rings is 1. The van der Waals surface area contributed by atoms with Gasteiger partial charge in [-0.15, -0.1) is 11.3 Å². The van der Waals surface area contributed by atoms with Gasteiger partial charge in [0.15, 0.2) is 5.13 Å². The van der Waals surface area contributed by atoms with Crippen LogP contribution in [-0.2, 0) is 4.79 Å². The molecular formula is C23H20ClN3O2S. The molecule has 0 fully saturated rings. The maximum absolute atomic E-state index is 12.5. The van der Waals surface area contributed by atoms with Crippen LogP contribution in [0.25, 0.3) is 17.3 Å². The molecule has 0 aliphatic rings. The Hall–Kier alpha value is -3.14. The number of hydrogen-bond donors (Lipinski definition) is 1. The fourth-order valence-corrected chi connectivity index (χ4v) is 3.40. The van der Waals surface area contributed by atoms with E-state index >= 15 is 0 Å². The number of aromatic nitrogens is 1. The molecule has 152 valence electrons. The van der Waals surface area contributed by atoms with Crippen LogP contribution >= 0.6 is 22.9 Å². The van der Waals surface area contributed by atoms with Gasteiger partial charge in [-0.1, -0.05) is 49.2 Å². The number of halogens is 1. The molecule has 0 atom stereocenters. The standard InChI is InChI=1S/C23H20ClN3O2S/c1-2-3-12-29-20-10-4-16(5-11-20)13-18(14-25)22(28)27-23-26-21(15-30-23)17-6-8-19(24)9-7-17/h4-11,13,15H,2-3,12H2,1H3,(H,26,27,28). The van der Waals surface area contributed by atoms with E-state index in [0.29, 0.717) is 16.8 Å². The molecule has 2 aromatic carbocycles. The van der Waals surface area contributed by atoms with Crippen molar-refractivity contribution < 1.29 is 9.53 Å². The SMILES string of the molecule is CCCCOc1ccc(C=C(C#N)C(=O)Nc2nc(-c3ccc(Cl)cc3)cs2)cc1. The summed E-state index contributed by atoms with van der Waals surface area (Å²) in [6.07, 6.45) is 3.61. The lowest BCUT2D eigenvalue weighted by molar-refractivity contribution is -0.112. The van der Waals surface area contributed by atoms with E-state index in [1.165, 1.54) is 11.3 Å². The number of anilines is 1. The van der Waals surface area contributed by atoms with E-state index in [-0.39, 0.29) is 5.57 Å². The lowest BCUT2D eigenvalue weighted by Gasteiger charge is -2.05. The quantitative estimate of drug-likeness (QED) is 0.259. The summed E-state index contributed by atoms with van der Waals surface area (Å²) < 4.78 is 5.63. The number of nitrogens with one attached hydrogen (secondary N) is 1. The Morgan fingerprint density at radius 3 is 2.63 bits per heavy atom. The highest BCUT2D eigenvalue weighted by molar-refractivity contribution is 7.14. The van der Waals surface area contributed by atoms with Gasteiger partial charge in [-0.2, -0.15) is 5.26 Å². The summed E-state index contributed by atoms with van der Waals surface area (Å²) in [5.74, 6) is 0.263. The van der Waals surface area contributed by atoms with Crippen molar-refractivity contribution in [1.82, 2.24) is 4.98 Å². The zero-order valence-corrected chi connectivity index (χ0v) is 18.0. The van der Waals surface area contributed by atoms with E-state index in [2.05, 4.69) is 17.2 Å². The van der Waals surface area contributed by atoms with E-state index in [9.17, 15) is 10.1 Å². The Morgan fingerprint density at radius 2 is 1.97 bits per heavy atom. The van der Waals surface area contributed by atoms with Crippen LogP contribution in [0.3, 0.4) is 0 Å². The van der Waals surface area contributed by atoms with E-state index in [4.69, 9.17) is 16.3 Å². The number of nitriles is 1. The highest BCUT2D eigenvalue weighted by Gasteiger charge is 2.12. The molecule has 1 aromatic heterocycles. The first kappa shape index (κ1) is 21.6. The lowest BCUT2D eigenvalue weighted by Crippen LogP contribution is -2.13. The highest BCUT2D eigenvalue weighted by Crippen LogP contribution is 2.26. The van der Waals surface area contributed by atoms with Gasteiger partial charge in [0.2, 0.25) is 0 Å². The number of unbranched alkanes of at least 4 members (excludes halogenated alkanes) is 1. The molecule has 3 rings (SSSR count). The van der Waals surface area contributed by atoms with Crippen LogP contribution in [0.15, 0.2) is 59.5 Å². The normalized spacial score (nSPS) is 11.0. The topological polar surface area (TPSA) is 75.0 Å². The van der Waals surface area contributed by atoms with Crippen LogP contribution in [0.5, 0.6) is 5.75 Å². The van der Waals surface area contributed by atoms with E-state index in [1.54, 1.807) is 18.2 Å². The number of carbonyl (C=O) groups is 1. The van der Waals surface area contributed by atoms with Crippen molar-refractivity contribution in [2.75, 3.05) is 11.9 Å². The van der Waals surface area contributed by atoms with Crippen molar-refractivity contribution >= 4 is 40.1 Å². The lowest BCUT2D eigenvalue weighted by atomic mass is 10.1. The Kier molecular flexibility index (Phi) is 7.61. The first-order chi connectivity index (χ1) is 14.6. The third-order valence-electron chi connectivity index (χ3n) is 4.19. The highest BCUT2D eigenvalue weighted by atomic mass is 35.5. The van der Waals surface area contributed by atoms with Crippen LogP contribution in [-0.4, -0.2) is 17.5 Å². The Labute approximate surface area is 184 Å². The van der Waals surface area contributed by atoms with Crippen LogP contribution in [0.1, 0.15) is 25.3 Å². The zero-order valence-electron chi connectivity index (χ0n) is 16.4. The molecule has 5 nitrogen and oxygen atoms in total. The Bertz CT molecular complexity index is 1070. The number of benzene rings is 2. The molecule has 30 heavy (non-hydrogen) atoms. The van der Waals surface area contributed by atoms with Gasteiger partial charge in [-0.3, -0.25) is 10.1 Å². The van der Waals surface area contributed by atoms with Crippen LogP contribution in [0, 0.1) is 11.3 Å². The predicted octanol–water partition coefficient (Wildman–Crippen LogP) is 6.19. The molecule has 0 saturated carbocycles. The molecule has 3 aromatic rings. The minimum atomic E-state index is -0.502. The Balaban J connectivity index is 1.66. The first-order valence-electron chi connectivity index (χ1n) is 9.46. The van der Waals surface area contributed by atoms with Crippen molar-refractivity contribution in [2.45, 2.75) is 19.8 Å². The third kappa shape index (κ3) is 5.93. The monoisotopic (exact) mass is 437 g/mol. The molecule has 0 aliphatic carbocycles. The van der Waals surface area contributed by atoms with E-state index in [0.717, 1.165) is 35.4 Å². The largest absolute Gasteiger partial charge is 0.494 e. The summed E-state index contributed by atoms with van der Waals surface area (Å²) in [5.41, 5.74) is 2.37. The van der Waals surface area contributed by atoms with Gasteiger partial charge in [0.25, 0.3) is 5.91 Å². The predicted molar refractivity (Wildman–Crippen MR) is 122 cm³/mol. The molecular weight excluding hydrogens is 418 g/mol. The maximum atomic E-state index is 12.5. The van der Waals surface area contributed by atoms with Crippen molar-refractivity contribution in [3.05, 3.63) is 70.1 Å². The van der Waals surface area contributed by atoms with Gasteiger partial charge in [0.05, 0.1) is 12.3 Å². The van der Waals surface area contributed by atoms with Crippen LogP contribution in [0.4, 0.5) is 5.13 Å². The fourth-order valence-electron chi connectivity index (χ4n) is 2.56. The van der Waals surface area contributed by atoms with Crippen LogP contribution < -0.4 is 10.1 Å². The van der Waals surface area contributed by atoms with Gasteiger partial charge < -0.3 is 4.74 Å². The van der Waals surface area contributed by atoms with Gasteiger partial charge in [-0.05, 0) is 42.3 Å². The molecule has 0 bridgehead atoms. The molecule has 7 heteroatoms. The number of rotatable bonds is 8. The minimum absolute atomic E-state index is 0.00195. The second-order valence-corrected chi connectivity index (χ2v) is 7.73. The van der Waals surface area contributed by atoms with Gasteiger partial charge in [-0.25, -0.2) is 4.98 Å².